The van der Waals surface area contributed by atoms with E-state index in [-0.39, 0.29) is 17.0 Å². The Morgan fingerprint density at radius 2 is 1.96 bits per heavy atom. The highest BCUT2D eigenvalue weighted by molar-refractivity contribution is 6.35. The van der Waals surface area contributed by atoms with Gasteiger partial charge in [-0.15, -0.1) is 0 Å². The van der Waals surface area contributed by atoms with Gasteiger partial charge in [-0.3, -0.25) is 4.79 Å². The van der Waals surface area contributed by atoms with E-state index in [4.69, 9.17) is 33.7 Å². The Hall–Kier alpha value is -2.94. The van der Waals surface area contributed by atoms with E-state index in [2.05, 4.69) is 6.07 Å². The topological polar surface area (TPSA) is 81.0 Å². The van der Waals surface area contributed by atoms with Crippen LogP contribution in [0.15, 0.2) is 58.7 Å². The summed E-state index contributed by atoms with van der Waals surface area (Å²) in [6.07, 6.45) is 0. The molecule has 0 saturated carbocycles. The molecule has 0 amide bonds. The molecule has 2 N–H and O–H groups in total. The SMILES string of the molecule is Cn1c(=O)c2c(c3ccccc31)OC(N)=C(C#N)[C@@H]2c1ccc(Cl)cc1Cl. The summed E-state index contributed by atoms with van der Waals surface area (Å²) in [5.41, 5.74) is 7.50. The lowest BCUT2D eigenvalue weighted by Gasteiger charge is -2.28. The number of allylic oxidation sites excluding steroid dienone is 1. The molecule has 5 nitrogen and oxygen atoms in total. The molecule has 134 valence electrons. The number of para-hydroxylation sites is 1. The summed E-state index contributed by atoms with van der Waals surface area (Å²) in [5.74, 6) is -0.438. The van der Waals surface area contributed by atoms with Crippen LogP contribution in [0.5, 0.6) is 5.75 Å². The number of rotatable bonds is 1. The molecule has 0 spiro atoms. The maximum absolute atomic E-state index is 13.2. The van der Waals surface area contributed by atoms with Crippen molar-refractivity contribution in [2.24, 2.45) is 12.8 Å². The molecule has 0 saturated heterocycles. The van der Waals surface area contributed by atoms with E-state index >= 15 is 0 Å². The van der Waals surface area contributed by atoms with E-state index in [0.29, 0.717) is 32.4 Å². The number of fused-ring (bicyclic) bond motifs is 3. The zero-order valence-electron chi connectivity index (χ0n) is 14.2. The smallest absolute Gasteiger partial charge is 0.258 e. The van der Waals surface area contributed by atoms with Gasteiger partial charge in [0.25, 0.3) is 5.56 Å². The molecule has 1 aliphatic heterocycles. The second-order valence-electron chi connectivity index (χ2n) is 6.21. The molecule has 27 heavy (non-hydrogen) atoms. The molecule has 1 aromatic heterocycles. The van der Waals surface area contributed by atoms with Crippen LogP contribution < -0.4 is 16.0 Å². The van der Waals surface area contributed by atoms with Crippen molar-refractivity contribution in [2.45, 2.75) is 5.92 Å². The second-order valence-corrected chi connectivity index (χ2v) is 7.06. The van der Waals surface area contributed by atoms with Crippen molar-refractivity contribution in [1.29, 1.82) is 5.26 Å². The Kier molecular flexibility index (Phi) is 4.11. The van der Waals surface area contributed by atoms with E-state index < -0.39 is 5.92 Å². The van der Waals surface area contributed by atoms with E-state index in [1.807, 2.05) is 24.3 Å². The van der Waals surface area contributed by atoms with Gasteiger partial charge in [-0.2, -0.15) is 5.26 Å². The third-order valence-electron chi connectivity index (χ3n) is 4.74. The van der Waals surface area contributed by atoms with Gasteiger partial charge in [0.05, 0.1) is 17.0 Å². The number of nitrogens with two attached hydrogens (primary N) is 1. The largest absolute Gasteiger partial charge is 0.439 e. The molecular formula is C20H13Cl2N3O2. The van der Waals surface area contributed by atoms with Gasteiger partial charge in [-0.25, -0.2) is 0 Å². The monoisotopic (exact) mass is 397 g/mol. The second kappa shape index (κ2) is 6.34. The molecule has 4 rings (SSSR count). The minimum atomic E-state index is -0.744. The van der Waals surface area contributed by atoms with Crippen molar-refractivity contribution in [3.05, 3.63) is 85.4 Å². The number of benzene rings is 2. The van der Waals surface area contributed by atoms with Crippen molar-refractivity contribution in [3.63, 3.8) is 0 Å². The number of hydrogen-bond acceptors (Lipinski definition) is 4. The quantitative estimate of drug-likeness (QED) is 0.670. The number of ether oxygens (including phenoxy) is 1. The normalized spacial score (nSPS) is 16.0. The predicted molar refractivity (Wildman–Crippen MR) is 105 cm³/mol. The van der Waals surface area contributed by atoms with Crippen LogP contribution in [0.3, 0.4) is 0 Å². The van der Waals surface area contributed by atoms with Crippen LogP contribution in [0, 0.1) is 11.3 Å². The lowest BCUT2D eigenvalue weighted by atomic mass is 9.83. The zero-order chi connectivity index (χ0) is 19.3. The minimum Gasteiger partial charge on any atom is -0.439 e. The van der Waals surface area contributed by atoms with Crippen molar-refractivity contribution in [3.8, 4) is 11.8 Å². The third-order valence-corrected chi connectivity index (χ3v) is 5.30. The van der Waals surface area contributed by atoms with Crippen molar-refractivity contribution in [1.82, 2.24) is 4.57 Å². The fraction of sp³-hybridized carbons (Fsp3) is 0.100. The number of aryl methyl sites for hydroxylation is 1. The summed E-state index contributed by atoms with van der Waals surface area (Å²) in [5, 5.41) is 11.2. The van der Waals surface area contributed by atoms with Crippen molar-refractivity contribution >= 4 is 34.1 Å². The highest BCUT2D eigenvalue weighted by Gasteiger charge is 2.36. The van der Waals surface area contributed by atoms with Crippen molar-refractivity contribution < 1.29 is 4.74 Å². The van der Waals surface area contributed by atoms with Gasteiger partial charge in [0.2, 0.25) is 5.88 Å². The van der Waals surface area contributed by atoms with Gasteiger partial charge in [-0.05, 0) is 29.8 Å². The Bertz CT molecular complexity index is 1240. The summed E-state index contributed by atoms with van der Waals surface area (Å²) in [6, 6.07) is 14.4. The van der Waals surface area contributed by atoms with Gasteiger partial charge in [0, 0.05) is 22.5 Å². The van der Waals surface area contributed by atoms with Crippen LogP contribution in [0.2, 0.25) is 10.0 Å². The molecule has 3 aromatic rings. The van der Waals surface area contributed by atoms with Crippen LogP contribution in [0.1, 0.15) is 17.0 Å². The fourth-order valence-corrected chi connectivity index (χ4v) is 3.99. The molecule has 2 aromatic carbocycles. The summed E-state index contributed by atoms with van der Waals surface area (Å²) in [7, 11) is 1.68. The predicted octanol–water partition coefficient (Wildman–Crippen LogP) is 4.06. The van der Waals surface area contributed by atoms with Crippen LogP contribution >= 0.6 is 23.2 Å². The molecule has 7 heteroatoms. The average Bonchev–Trinajstić information content (AvgIpc) is 2.65. The van der Waals surface area contributed by atoms with Gasteiger partial charge in [0.15, 0.2) is 0 Å². The van der Waals surface area contributed by atoms with Gasteiger partial charge >= 0.3 is 0 Å². The highest BCUT2D eigenvalue weighted by Crippen LogP contribution is 2.45. The number of pyridine rings is 1. The summed E-state index contributed by atoms with van der Waals surface area (Å²) >= 11 is 12.4. The van der Waals surface area contributed by atoms with Crippen LogP contribution in [0.25, 0.3) is 10.9 Å². The molecule has 0 fully saturated rings. The Morgan fingerprint density at radius 3 is 2.67 bits per heavy atom. The average molecular weight is 398 g/mol. The van der Waals surface area contributed by atoms with E-state index in [1.165, 1.54) is 4.57 Å². The Balaban J connectivity index is 2.15. The van der Waals surface area contributed by atoms with Crippen LogP contribution in [-0.2, 0) is 7.05 Å². The Morgan fingerprint density at radius 1 is 1.22 bits per heavy atom. The maximum atomic E-state index is 13.2. The zero-order valence-corrected chi connectivity index (χ0v) is 15.7. The molecule has 0 unspecified atom stereocenters. The Labute approximate surface area is 164 Å². The third kappa shape index (κ3) is 2.57. The standard InChI is InChI=1S/C20H13Cl2N3O2/c1-25-15-5-3-2-4-12(15)18-17(20(25)26)16(13(9-23)19(24)27-18)11-7-6-10(21)8-14(11)22/h2-8,16H,24H2,1H3/t16-/m0/s1. The molecule has 0 radical (unpaired) electrons. The first-order valence-electron chi connectivity index (χ1n) is 8.08. The summed E-state index contributed by atoms with van der Waals surface area (Å²) in [4.78, 5) is 13.2. The first kappa shape index (κ1) is 17.5. The molecular weight excluding hydrogens is 385 g/mol. The number of hydrogen-bond donors (Lipinski definition) is 1. The molecule has 0 aliphatic carbocycles. The van der Waals surface area contributed by atoms with Crippen LogP contribution in [-0.4, -0.2) is 4.57 Å². The summed E-state index contributed by atoms with van der Waals surface area (Å²) in [6.45, 7) is 0. The van der Waals surface area contributed by atoms with E-state index in [9.17, 15) is 10.1 Å². The van der Waals surface area contributed by atoms with E-state index in [1.54, 1.807) is 25.2 Å². The number of nitrogens with zero attached hydrogens (tertiary/aromatic N) is 2. The fourth-order valence-electron chi connectivity index (χ4n) is 3.47. The first-order valence-corrected chi connectivity index (χ1v) is 8.83. The maximum Gasteiger partial charge on any atom is 0.258 e. The van der Waals surface area contributed by atoms with Crippen molar-refractivity contribution in [2.75, 3.05) is 0 Å². The lowest BCUT2D eigenvalue weighted by molar-refractivity contribution is 0.396. The molecule has 2 heterocycles. The lowest BCUT2D eigenvalue weighted by Crippen LogP contribution is -2.31. The molecule has 0 bridgehead atoms. The van der Waals surface area contributed by atoms with Gasteiger partial charge < -0.3 is 15.0 Å². The number of halogens is 2. The molecule has 1 atom stereocenters. The van der Waals surface area contributed by atoms with Crippen LogP contribution in [0.4, 0.5) is 0 Å². The van der Waals surface area contributed by atoms with E-state index in [0.717, 1.165) is 5.39 Å². The first-order chi connectivity index (χ1) is 12.9. The van der Waals surface area contributed by atoms with Gasteiger partial charge in [0.1, 0.15) is 17.4 Å². The summed E-state index contributed by atoms with van der Waals surface area (Å²) < 4.78 is 7.28. The van der Waals surface area contributed by atoms with Gasteiger partial charge in [-0.1, -0.05) is 41.4 Å². The number of aromatic nitrogens is 1. The minimum absolute atomic E-state index is 0.0422. The molecule has 1 aliphatic rings. The number of nitriles is 1. The highest BCUT2D eigenvalue weighted by atomic mass is 35.5.